The molecule has 0 saturated heterocycles. The van der Waals surface area contributed by atoms with Crippen LogP contribution in [0.15, 0.2) is 182 Å². The van der Waals surface area contributed by atoms with Crippen LogP contribution in [0.5, 0.6) is 0 Å². The van der Waals surface area contributed by atoms with Crippen LogP contribution >= 0.6 is 0 Å². The third-order valence-electron chi connectivity index (χ3n) is 12.4. The van der Waals surface area contributed by atoms with Crippen LogP contribution in [0.25, 0.3) is 0 Å². The van der Waals surface area contributed by atoms with Gasteiger partial charge in [-0.05, 0) is 141 Å². The summed E-state index contributed by atoms with van der Waals surface area (Å²) in [5, 5.41) is 0. The topological polar surface area (TPSA) is 78.9 Å². The summed E-state index contributed by atoms with van der Waals surface area (Å²) in [6, 6.07) is 0. The number of esters is 3. The van der Waals surface area contributed by atoms with Gasteiger partial charge in [0.1, 0.15) is 13.2 Å². The average Bonchev–Trinajstić information content (AvgIpc) is 3.45. The van der Waals surface area contributed by atoms with Gasteiger partial charge in [0.15, 0.2) is 6.10 Å². The Morgan fingerprint density at radius 3 is 0.823 bits per heavy atom. The van der Waals surface area contributed by atoms with Crippen molar-refractivity contribution in [3.8, 4) is 0 Å². The van der Waals surface area contributed by atoms with Gasteiger partial charge in [-0.2, -0.15) is 0 Å². The molecule has 0 aromatic rings. The third kappa shape index (κ3) is 63.2. The number of carbonyl (C=O) groups excluding carboxylic acids is 3. The minimum Gasteiger partial charge on any atom is -0.462 e. The second-order valence-electron chi connectivity index (χ2n) is 19.8. The van der Waals surface area contributed by atoms with E-state index in [1.54, 1.807) is 0 Å². The first-order valence-corrected chi connectivity index (χ1v) is 31.3. The Morgan fingerprint density at radius 1 is 0.266 bits per heavy atom. The van der Waals surface area contributed by atoms with Crippen molar-refractivity contribution in [2.45, 2.75) is 245 Å². The van der Waals surface area contributed by atoms with Gasteiger partial charge >= 0.3 is 17.9 Å². The summed E-state index contributed by atoms with van der Waals surface area (Å²) in [5.41, 5.74) is 0. The van der Waals surface area contributed by atoms with Crippen LogP contribution in [0.4, 0.5) is 0 Å². The van der Waals surface area contributed by atoms with Crippen molar-refractivity contribution in [1.82, 2.24) is 0 Å². The van der Waals surface area contributed by atoms with Crippen molar-refractivity contribution in [2.75, 3.05) is 13.2 Å². The molecule has 0 aliphatic rings. The Morgan fingerprint density at radius 2 is 0.519 bits per heavy atom. The first-order valence-electron chi connectivity index (χ1n) is 31.3. The molecule has 0 amide bonds. The van der Waals surface area contributed by atoms with E-state index >= 15 is 0 Å². The highest BCUT2D eigenvalue weighted by atomic mass is 16.6. The Labute approximate surface area is 484 Å². The highest BCUT2D eigenvalue weighted by Crippen LogP contribution is 2.13. The number of allylic oxidation sites excluding steroid dienone is 30. The molecule has 0 aliphatic carbocycles. The maximum Gasteiger partial charge on any atom is 0.306 e. The SMILES string of the molecule is CC/C=C\C/C=C\C/C=C\C/C=C\C/C=C\C/C=C\C/C=C\C/C=C\C/C=C\CCCCCCCCCC(=O)OCC(COC(=O)CCCCCCC/C=C\C/C=C\CCC)OC(=O)CC/C=C\C/C=C\C/C=C\C/C=C\CC. The summed E-state index contributed by atoms with van der Waals surface area (Å²) in [4.78, 5) is 38.1. The quantitative estimate of drug-likeness (QED) is 0.0261. The Bertz CT molecular complexity index is 1870. The molecule has 0 N–H and O–H groups in total. The first kappa shape index (κ1) is 73.5. The predicted octanol–water partition coefficient (Wildman–Crippen LogP) is 21.7. The molecule has 1 unspecified atom stereocenters. The molecule has 6 heteroatoms. The van der Waals surface area contributed by atoms with Crippen molar-refractivity contribution in [3.05, 3.63) is 182 Å². The minimum atomic E-state index is -0.836. The molecule has 0 aromatic carbocycles. The molecule has 0 fully saturated rings. The third-order valence-corrected chi connectivity index (χ3v) is 12.4. The molecule has 1 atom stereocenters. The molecule has 0 heterocycles. The number of unbranched alkanes of at least 4 members (excludes halogenated alkanes) is 13. The summed E-state index contributed by atoms with van der Waals surface area (Å²) in [6.45, 7) is 6.24. The van der Waals surface area contributed by atoms with Gasteiger partial charge < -0.3 is 14.2 Å². The van der Waals surface area contributed by atoms with E-state index in [1.165, 1.54) is 25.7 Å². The summed E-state index contributed by atoms with van der Waals surface area (Å²) in [5.74, 6) is -1.04. The predicted molar refractivity (Wildman–Crippen MR) is 343 cm³/mol. The Balaban J connectivity index is 4.31. The van der Waals surface area contributed by atoms with Gasteiger partial charge in [0.05, 0.1) is 0 Å². The molecule has 0 aromatic heterocycles. The average molecular weight is 1090 g/mol. The Kier molecular flexibility index (Phi) is 60.5. The molecule has 79 heavy (non-hydrogen) atoms. The first-order chi connectivity index (χ1) is 39.0. The maximum absolute atomic E-state index is 12.8. The fraction of sp³-hybridized carbons (Fsp3) is 0.548. The zero-order valence-corrected chi connectivity index (χ0v) is 50.3. The molecular weight excluding hydrogens is 973 g/mol. The standard InChI is InChI=1S/C73H112O6/c1-4-7-10-13-16-19-22-25-26-27-28-29-30-31-32-33-34-35-36-37-38-39-40-41-42-43-44-45-46-49-51-54-57-60-63-66-72(75)78-69-70(79-73(76)67-64-61-58-55-52-48-24-21-18-15-12-9-6-3)68-77-71(74)65-62-59-56-53-50-47-23-20-17-14-11-8-5-2/h7,9-12,14,16,18-21,23,25-26,28-29,31-32,34-35,37-38,40-41,43-44,48,52,58,61,70H,4-6,8,13,15,17,22,24,27,30,33,36,39,42,45-47,49-51,53-57,59-60,62-69H2,1-3H3/b10-7-,12-9-,14-11-,19-16-,21-18-,23-20-,26-25-,29-28-,32-31-,35-34-,38-37-,41-40-,44-43-,52-48-,61-58-. The second kappa shape index (κ2) is 65.0. The van der Waals surface area contributed by atoms with Gasteiger partial charge in [0.25, 0.3) is 0 Å². The van der Waals surface area contributed by atoms with Crippen LogP contribution in [0.3, 0.4) is 0 Å². The molecule has 0 rings (SSSR count). The van der Waals surface area contributed by atoms with Gasteiger partial charge in [0.2, 0.25) is 0 Å². The van der Waals surface area contributed by atoms with E-state index < -0.39 is 12.1 Å². The zero-order valence-electron chi connectivity index (χ0n) is 50.3. The van der Waals surface area contributed by atoms with Crippen molar-refractivity contribution >= 4 is 17.9 Å². The van der Waals surface area contributed by atoms with Crippen LogP contribution in [0, 0.1) is 0 Å². The molecule has 6 nitrogen and oxygen atoms in total. The highest BCUT2D eigenvalue weighted by Gasteiger charge is 2.19. The van der Waals surface area contributed by atoms with Crippen molar-refractivity contribution < 1.29 is 28.6 Å². The van der Waals surface area contributed by atoms with E-state index in [2.05, 4.69) is 191 Å². The number of carbonyl (C=O) groups is 3. The number of ether oxygens (including phenoxy) is 3. The van der Waals surface area contributed by atoms with Crippen LogP contribution in [0.2, 0.25) is 0 Å². The highest BCUT2D eigenvalue weighted by molar-refractivity contribution is 5.71. The molecule has 0 aliphatic heterocycles. The second-order valence-corrected chi connectivity index (χ2v) is 19.8. The lowest BCUT2D eigenvalue weighted by molar-refractivity contribution is -0.166. The van der Waals surface area contributed by atoms with E-state index in [-0.39, 0.29) is 31.6 Å². The van der Waals surface area contributed by atoms with E-state index in [0.717, 1.165) is 167 Å². The van der Waals surface area contributed by atoms with E-state index in [0.29, 0.717) is 19.3 Å². The molecule has 440 valence electrons. The number of hydrogen-bond donors (Lipinski definition) is 0. The summed E-state index contributed by atoms with van der Waals surface area (Å²) in [7, 11) is 0. The lowest BCUT2D eigenvalue weighted by Crippen LogP contribution is -2.30. The monoisotopic (exact) mass is 1080 g/mol. The van der Waals surface area contributed by atoms with E-state index in [1.807, 2.05) is 12.2 Å². The van der Waals surface area contributed by atoms with Gasteiger partial charge in [0, 0.05) is 19.3 Å². The van der Waals surface area contributed by atoms with Gasteiger partial charge in [-0.15, -0.1) is 0 Å². The van der Waals surface area contributed by atoms with E-state index in [4.69, 9.17) is 14.2 Å². The van der Waals surface area contributed by atoms with Crippen molar-refractivity contribution in [3.63, 3.8) is 0 Å². The van der Waals surface area contributed by atoms with Crippen molar-refractivity contribution in [1.29, 1.82) is 0 Å². The normalized spacial score (nSPS) is 13.4. The van der Waals surface area contributed by atoms with Crippen LogP contribution < -0.4 is 0 Å². The smallest absolute Gasteiger partial charge is 0.306 e. The van der Waals surface area contributed by atoms with E-state index in [9.17, 15) is 14.4 Å². The number of rotatable bonds is 54. The lowest BCUT2D eigenvalue weighted by Gasteiger charge is -2.18. The van der Waals surface area contributed by atoms with Crippen LogP contribution in [-0.4, -0.2) is 37.2 Å². The van der Waals surface area contributed by atoms with Crippen LogP contribution in [0.1, 0.15) is 239 Å². The Hall–Kier alpha value is -5.49. The summed E-state index contributed by atoms with van der Waals surface area (Å²) in [6.07, 6.45) is 97.8. The van der Waals surface area contributed by atoms with Crippen molar-refractivity contribution in [2.24, 2.45) is 0 Å². The minimum absolute atomic E-state index is 0.125. The molecule has 0 saturated carbocycles. The van der Waals surface area contributed by atoms with Crippen LogP contribution in [-0.2, 0) is 28.6 Å². The largest absolute Gasteiger partial charge is 0.462 e. The number of hydrogen-bond acceptors (Lipinski definition) is 6. The molecule has 0 spiro atoms. The van der Waals surface area contributed by atoms with Gasteiger partial charge in [-0.1, -0.05) is 261 Å². The fourth-order valence-electron chi connectivity index (χ4n) is 7.78. The van der Waals surface area contributed by atoms with Gasteiger partial charge in [-0.3, -0.25) is 14.4 Å². The van der Waals surface area contributed by atoms with Gasteiger partial charge in [-0.25, -0.2) is 0 Å². The molecule has 0 radical (unpaired) electrons. The summed E-state index contributed by atoms with van der Waals surface area (Å²) < 4.78 is 16.8. The maximum atomic E-state index is 12.8. The molecular formula is C73H112O6. The summed E-state index contributed by atoms with van der Waals surface area (Å²) >= 11 is 0. The fourth-order valence-corrected chi connectivity index (χ4v) is 7.78. The lowest BCUT2D eigenvalue weighted by atomic mass is 10.1. The zero-order chi connectivity index (χ0) is 57.1. The molecule has 0 bridgehead atoms.